The molecule has 1 heterocycles. The molecule has 0 amide bonds. The first-order valence-corrected chi connectivity index (χ1v) is 3.38. The molecule has 52 valence electrons. The van der Waals surface area contributed by atoms with Gasteiger partial charge in [-0.3, -0.25) is 4.79 Å². The summed E-state index contributed by atoms with van der Waals surface area (Å²) in [4.78, 5) is 10.4. The average Bonchev–Trinajstić information content (AvgIpc) is 1.57. The number of hydrogen-bond donors (Lipinski definition) is 0. The minimum atomic E-state index is -1.49. The van der Waals surface area contributed by atoms with Crippen LogP contribution in [0.25, 0.3) is 0 Å². The molecule has 1 saturated heterocycles. The highest BCUT2D eigenvalue weighted by molar-refractivity contribution is 6.68. The summed E-state index contributed by atoms with van der Waals surface area (Å²) in [6.07, 6.45) is 0. The van der Waals surface area contributed by atoms with Gasteiger partial charge in [-0.2, -0.15) is 0 Å². The normalized spacial score (nSPS) is 27.0. The number of rotatable bonds is 0. The summed E-state index contributed by atoms with van der Waals surface area (Å²) in [5.74, 6) is -1.00. The predicted molar refractivity (Wildman–Crippen MR) is 34.7 cm³/mol. The Morgan fingerprint density at radius 1 is 1.56 bits per heavy atom. The highest BCUT2D eigenvalue weighted by Gasteiger charge is 2.46. The maximum Gasteiger partial charge on any atom is 0.316 e. The molecule has 2 nitrogen and oxygen atoms in total. The lowest BCUT2D eigenvalue weighted by atomic mass is 10.1. The Labute approximate surface area is 67.0 Å². The van der Waals surface area contributed by atoms with Crippen LogP contribution >= 0.6 is 34.8 Å². The standard InChI is InChI=1S/C4H3Cl3O2/c5-4(6,7)2-1-9-3(2)8/h2H,1H2/t2-/m1/s1. The second kappa shape index (κ2) is 2.19. The lowest BCUT2D eigenvalue weighted by molar-refractivity contribution is -0.168. The molecule has 0 N–H and O–H groups in total. The number of carbonyl (C=O) groups is 1. The molecule has 0 spiro atoms. The molecule has 0 unspecified atom stereocenters. The molecular weight excluding hydrogens is 186 g/mol. The van der Waals surface area contributed by atoms with E-state index in [-0.39, 0.29) is 6.61 Å². The van der Waals surface area contributed by atoms with Crippen LogP contribution < -0.4 is 0 Å². The summed E-state index contributed by atoms with van der Waals surface area (Å²) >= 11 is 16.1. The second-order valence-corrected chi connectivity index (χ2v) is 4.09. The number of hydrogen-bond acceptors (Lipinski definition) is 2. The third-order valence-electron chi connectivity index (χ3n) is 1.07. The van der Waals surface area contributed by atoms with Crippen LogP contribution in [0.2, 0.25) is 0 Å². The van der Waals surface area contributed by atoms with Crippen LogP contribution in [0.3, 0.4) is 0 Å². The fourth-order valence-electron chi connectivity index (χ4n) is 0.463. The maximum atomic E-state index is 10.4. The number of halogens is 3. The quantitative estimate of drug-likeness (QED) is 0.427. The van der Waals surface area contributed by atoms with Gasteiger partial charge in [0.2, 0.25) is 3.79 Å². The van der Waals surface area contributed by atoms with Gasteiger partial charge in [0.1, 0.15) is 12.5 Å². The molecule has 1 fully saturated rings. The number of alkyl halides is 3. The molecule has 0 aromatic carbocycles. The Kier molecular flexibility index (Phi) is 1.81. The molecule has 1 rings (SSSR count). The van der Waals surface area contributed by atoms with Gasteiger partial charge >= 0.3 is 5.97 Å². The monoisotopic (exact) mass is 188 g/mol. The summed E-state index contributed by atoms with van der Waals surface area (Å²) in [6.45, 7) is 0.218. The Morgan fingerprint density at radius 3 is 2.11 bits per heavy atom. The summed E-state index contributed by atoms with van der Waals surface area (Å²) < 4.78 is 2.89. The molecule has 1 aliphatic rings. The molecule has 0 radical (unpaired) electrons. The van der Waals surface area contributed by atoms with E-state index in [1.54, 1.807) is 0 Å². The van der Waals surface area contributed by atoms with Crippen LogP contribution in [0.5, 0.6) is 0 Å². The zero-order chi connectivity index (χ0) is 7.07. The average molecular weight is 189 g/mol. The van der Waals surface area contributed by atoms with Crippen LogP contribution in [-0.4, -0.2) is 16.4 Å². The SMILES string of the molecule is O=C1OC[C@H]1C(Cl)(Cl)Cl. The van der Waals surface area contributed by atoms with E-state index < -0.39 is 15.7 Å². The van der Waals surface area contributed by atoms with Crippen molar-refractivity contribution in [1.29, 1.82) is 0 Å². The lowest BCUT2D eigenvalue weighted by Crippen LogP contribution is -2.43. The van der Waals surface area contributed by atoms with E-state index in [4.69, 9.17) is 34.8 Å². The molecule has 9 heavy (non-hydrogen) atoms. The zero-order valence-corrected chi connectivity index (χ0v) is 6.50. The topological polar surface area (TPSA) is 26.3 Å². The van der Waals surface area contributed by atoms with E-state index in [1.807, 2.05) is 0 Å². The minimum absolute atomic E-state index is 0.218. The van der Waals surface area contributed by atoms with Gasteiger partial charge in [-0.25, -0.2) is 0 Å². The third-order valence-corrected chi connectivity index (χ3v) is 1.86. The Bertz CT molecular complexity index is 139. The van der Waals surface area contributed by atoms with E-state index in [9.17, 15) is 4.79 Å². The van der Waals surface area contributed by atoms with Gasteiger partial charge in [-0.15, -0.1) is 0 Å². The zero-order valence-electron chi connectivity index (χ0n) is 4.23. The van der Waals surface area contributed by atoms with E-state index in [0.29, 0.717) is 0 Å². The van der Waals surface area contributed by atoms with Crippen molar-refractivity contribution in [3.63, 3.8) is 0 Å². The molecule has 0 bridgehead atoms. The Morgan fingerprint density at radius 2 is 2.11 bits per heavy atom. The molecular formula is C4H3Cl3O2. The van der Waals surface area contributed by atoms with E-state index in [2.05, 4.69) is 4.74 Å². The van der Waals surface area contributed by atoms with Gasteiger partial charge < -0.3 is 4.74 Å². The van der Waals surface area contributed by atoms with E-state index in [0.717, 1.165) is 0 Å². The highest BCUT2D eigenvalue weighted by Crippen LogP contribution is 2.39. The van der Waals surface area contributed by atoms with Crippen molar-refractivity contribution in [3.05, 3.63) is 0 Å². The van der Waals surface area contributed by atoms with Crippen molar-refractivity contribution in [2.75, 3.05) is 6.61 Å². The minimum Gasteiger partial charge on any atom is -0.464 e. The fourth-order valence-corrected chi connectivity index (χ4v) is 0.919. The van der Waals surface area contributed by atoms with Crippen molar-refractivity contribution >= 4 is 40.8 Å². The first-order valence-electron chi connectivity index (χ1n) is 2.25. The largest absolute Gasteiger partial charge is 0.464 e. The van der Waals surface area contributed by atoms with Crippen molar-refractivity contribution in [2.45, 2.75) is 3.79 Å². The predicted octanol–water partition coefficient (Wildman–Crippen LogP) is 1.53. The number of cyclic esters (lactones) is 1. The van der Waals surface area contributed by atoms with Crippen LogP contribution in [0, 0.1) is 5.92 Å². The molecule has 0 aromatic rings. The Hall–Kier alpha value is 0.340. The fraction of sp³-hybridized carbons (Fsp3) is 0.750. The van der Waals surface area contributed by atoms with E-state index >= 15 is 0 Å². The van der Waals surface area contributed by atoms with Gasteiger partial charge in [0.15, 0.2) is 0 Å². The van der Waals surface area contributed by atoms with Crippen LogP contribution in [0.4, 0.5) is 0 Å². The third kappa shape index (κ3) is 1.42. The summed E-state index contributed by atoms with van der Waals surface area (Å²) in [5, 5.41) is 0. The summed E-state index contributed by atoms with van der Waals surface area (Å²) in [5.41, 5.74) is 0. The summed E-state index contributed by atoms with van der Waals surface area (Å²) in [6, 6.07) is 0. The first-order chi connectivity index (χ1) is 4.02. The van der Waals surface area contributed by atoms with Gasteiger partial charge in [0.25, 0.3) is 0 Å². The molecule has 1 aliphatic heterocycles. The second-order valence-electron chi connectivity index (χ2n) is 1.72. The summed E-state index contributed by atoms with van der Waals surface area (Å²) in [7, 11) is 0. The van der Waals surface area contributed by atoms with Crippen molar-refractivity contribution in [2.24, 2.45) is 5.92 Å². The number of ether oxygens (including phenoxy) is 1. The van der Waals surface area contributed by atoms with Crippen molar-refractivity contribution in [1.82, 2.24) is 0 Å². The number of carbonyl (C=O) groups excluding carboxylic acids is 1. The Balaban J connectivity index is 2.54. The molecule has 1 atom stereocenters. The highest BCUT2D eigenvalue weighted by atomic mass is 35.6. The van der Waals surface area contributed by atoms with Gasteiger partial charge in [-0.1, -0.05) is 34.8 Å². The van der Waals surface area contributed by atoms with Gasteiger partial charge in [-0.05, 0) is 0 Å². The van der Waals surface area contributed by atoms with Crippen LogP contribution in [-0.2, 0) is 9.53 Å². The molecule has 0 aromatic heterocycles. The molecule has 0 saturated carbocycles. The maximum absolute atomic E-state index is 10.4. The lowest BCUT2D eigenvalue weighted by Gasteiger charge is -2.29. The van der Waals surface area contributed by atoms with E-state index in [1.165, 1.54) is 0 Å². The van der Waals surface area contributed by atoms with Gasteiger partial charge in [0.05, 0.1) is 0 Å². The first kappa shape index (κ1) is 7.45. The molecule has 5 heteroatoms. The smallest absolute Gasteiger partial charge is 0.316 e. The van der Waals surface area contributed by atoms with Crippen LogP contribution in [0.1, 0.15) is 0 Å². The van der Waals surface area contributed by atoms with Crippen molar-refractivity contribution in [3.8, 4) is 0 Å². The van der Waals surface area contributed by atoms with Crippen LogP contribution in [0.15, 0.2) is 0 Å². The van der Waals surface area contributed by atoms with Gasteiger partial charge in [0, 0.05) is 0 Å². The molecule has 0 aliphatic carbocycles. The number of esters is 1. The van der Waals surface area contributed by atoms with Crippen molar-refractivity contribution < 1.29 is 9.53 Å².